The highest BCUT2D eigenvalue weighted by molar-refractivity contribution is 5.66. The van der Waals surface area contributed by atoms with E-state index < -0.39 is 5.97 Å². The third-order valence-electron chi connectivity index (χ3n) is 2.66. The second-order valence-electron chi connectivity index (χ2n) is 3.97. The van der Waals surface area contributed by atoms with Gasteiger partial charge in [0.25, 0.3) is 0 Å². The minimum atomic E-state index is -0.711. The van der Waals surface area contributed by atoms with E-state index in [4.69, 9.17) is 5.11 Å². The summed E-state index contributed by atoms with van der Waals surface area (Å²) in [6.45, 7) is 5.01. The molecule has 0 aliphatic heterocycles. The van der Waals surface area contributed by atoms with E-state index in [0.717, 1.165) is 0 Å². The predicted molar refractivity (Wildman–Crippen MR) is 58.5 cm³/mol. The maximum atomic E-state index is 10.4. The maximum absolute atomic E-state index is 10.4. The first-order valence-corrected chi connectivity index (χ1v) is 5.50. The molecule has 0 aliphatic rings. The van der Waals surface area contributed by atoms with E-state index in [9.17, 15) is 4.79 Å². The Kier molecular flexibility index (Phi) is 7.48. The van der Waals surface area contributed by atoms with Crippen LogP contribution >= 0.6 is 0 Å². The summed E-state index contributed by atoms with van der Waals surface area (Å²) in [6, 6.07) is 0.501. The van der Waals surface area contributed by atoms with Crippen LogP contribution in [0.4, 0.5) is 0 Å². The van der Waals surface area contributed by atoms with Gasteiger partial charge in [0.1, 0.15) is 0 Å². The zero-order chi connectivity index (χ0) is 11.0. The summed E-state index contributed by atoms with van der Waals surface area (Å²) in [5, 5.41) is 8.53. The minimum Gasteiger partial charge on any atom is -0.481 e. The Morgan fingerprint density at radius 3 is 2.57 bits per heavy atom. The molecule has 0 bridgehead atoms. The molecule has 0 aromatic rings. The zero-order valence-electron chi connectivity index (χ0n) is 9.62. The number of nitrogens with zero attached hydrogens (tertiary/aromatic N) is 1. The summed E-state index contributed by atoms with van der Waals surface area (Å²) in [7, 11) is 2.00. The van der Waals surface area contributed by atoms with Crippen molar-refractivity contribution in [1.82, 2.24) is 4.90 Å². The second kappa shape index (κ2) is 7.80. The molecule has 0 amide bonds. The maximum Gasteiger partial charge on any atom is 0.304 e. The van der Waals surface area contributed by atoms with Gasteiger partial charge in [0, 0.05) is 12.6 Å². The standard InChI is InChI=1S/C11H23NO2/c1-4-5-6-7-10(2)12(3)9-8-11(13)14/h10H,4-9H2,1-3H3,(H,13,14). The Morgan fingerprint density at radius 1 is 1.43 bits per heavy atom. The van der Waals surface area contributed by atoms with E-state index in [2.05, 4.69) is 18.7 Å². The molecule has 0 rings (SSSR count). The first-order valence-electron chi connectivity index (χ1n) is 5.50. The molecule has 0 heterocycles. The van der Waals surface area contributed by atoms with Gasteiger partial charge in [0.2, 0.25) is 0 Å². The zero-order valence-corrected chi connectivity index (χ0v) is 9.62. The lowest BCUT2D eigenvalue weighted by atomic mass is 10.1. The van der Waals surface area contributed by atoms with Gasteiger partial charge in [-0.1, -0.05) is 26.2 Å². The molecule has 84 valence electrons. The molecule has 0 aromatic heterocycles. The number of aliphatic carboxylic acids is 1. The molecule has 1 N–H and O–H groups in total. The van der Waals surface area contributed by atoms with Gasteiger partial charge >= 0.3 is 5.97 Å². The number of rotatable bonds is 8. The van der Waals surface area contributed by atoms with Gasteiger partial charge in [-0.05, 0) is 20.4 Å². The Labute approximate surface area is 87.1 Å². The van der Waals surface area contributed by atoms with Crippen LogP contribution in [0.3, 0.4) is 0 Å². The predicted octanol–water partition coefficient (Wildman–Crippen LogP) is 2.36. The molecule has 3 heteroatoms. The van der Waals surface area contributed by atoms with Crippen molar-refractivity contribution in [3.05, 3.63) is 0 Å². The Hall–Kier alpha value is -0.570. The van der Waals surface area contributed by atoms with E-state index >= 15 is 0 Å². The topological polar surface area (TPSA) is 40.5 Å². The monoisotopic (exact) mass is 201 g/mol. The average Bonchev–Trinajstić information content (AvgIpc) is 2.14. The smallest absolute Gasteiger partial charge is 0.304 e. The third-order valence-corrected chi connectivity index (χ3v) is 2.66. The molecule has 0 saturated heterocycles. The van der Waals surface area contributed by atoms with Crippen molar-refractivity contribution >= 4 is 5.97 Å². The first kappa shape index (κ1) is 13.4. The van der Waals surface area contributed by atoms with Crippen LogP contribution in [0, 0.1) is 0 Å². The first-order chi connectivity index (χ1) is 6.57. The van der Waals surface area contributed by atoms with E-state index in [-0.39, 0.29) is 6.42 Å². The minimum absolute atomic E-state index is 0.245. The van der Waals surface area contributed by atoms with E-state index in [1.54, 1.807) is 0 Å². The van der Waals surface area contributed by atoms with Gasteiger partial charge in [0.05, 0.1) is 6.42 Å². The summed E-state index contributed by atoms with van der Waals surface area (Å²) in [4.78, 5) is 12.5. The number of unbranched alkanes of at least 4 members (excludes halogenated alkanes) is 2. The van der Waals surface area contributed by atoms with Crippen LogP contribution in [0.5, 0.6) is 0 Å². The van der Waals surface area contributed by atoms with Crippen molar-refractivity contribution in [2.24, 2.45) is 0 Å². The fourth-order valence-electron chi connectivity index (χ4n) is 1.40. The molecule has 0 fully saturated rings. The Balaban J connectivity index is 3.53. The fourth-order valence-corrected chi connectivity index (χ4v) is 1.40. The van der Waals surface area contributed by atoms with Crippen molar-refractivity contribution < 1.29 is 9.90 Å². The molecular formula is C11H23NO2. The number of carboxylic acid groups (broad SMARTS) is 1. The van der Waals surface area contributed by atoms with Gasteiger partial charge in [-0.3, -0.25) is 4.79 Å². The van der Waals surface area contributed by atoms with Gasteiger partial charge in [-0.2, -0.15) is 0 Å². The van der Waals surface area contributed by atoms with Crippen LogP contribution < -0.4 is 0 Å². The van der Waals surface area contributed by atoms with Crippen LogP contribution in [-0.2, 0) is 4.79 Å². The quantitative estimate of drug-likeness (QED) is 0.613. The number of carbonyl (C=O) groups is 1. The lowest BCUT2D eigenvalue weighted by molar-refractivity contribution is -0.137. The fraction of sp³-hybridized carbons (Fsp3) is 0.909. The molecular weight excluding hydrogens is 178 g/mol. The molecule has 1 atom stereocenters. The van der Waals surface area contributed by atoms with E-state index in [1.807, 2.05) is 7.05 Å². The van der Waals surface area contributed by atoms with Crippen LogP contribution in [0.15, 0.2) is 0 Å². The summed E-state index contributed by atoms with van der Waals surface area (Å²) < 4.78 is 0. The number of hydrogen-bond donors (Lipinski definition) is 1. The van der Waals surface area contributed by atoms with Gasteiger partial charge in [0.15, 0.2) is 0 Å². The summed E-state index contributed by atoms with van der Waals surface area (Å²) in [5.41, 5.74) is 0. The normalized spacial score (nSPS) is 13.1. The summed E-state index contributed by atoms with van der Waals surface area (Å²) in [6.07, 6.45) is 5.18. The lowest BCUT2D eigenvalue weighted by Gasteiger charge is -2.23. The summed E-state index contributed by atoms with van der Waals surface area (Å²) in [5.74, 6) is -0.711. The second-order valence-corrected chi connectivity index (χ2v) is 3.97. The van der Waals surface area contributed by atoms with Crippen molar-refractivity contribution in [3.63, 3.8) is 0 Å². The van der Waals surface area contributed by atoms with E-state index in [0.29, 0.717) is 12.6 Å². The van der Waals surface area contributed by atoms with Crippen molar-refractivity contribution in [3.8, 4) is 0 Å². The average molecular weight is 201 g/mol. The number of carboxylic acids is 1. The molecule has 0 spiro atoms. The van der Waals surface area contributed by atoms with Crippen molar-refractivity contribution in [2.75, 3.05) is 13.6 Å². The molecule has 1 unspecified atom stereocenters. The molecule has 14 heavy (non-hydrogen) atoms. The van der Waals surface area contributed by atoms with Crippen LogP contribution in [0.25, 0.3) is 0 Å². The SMILES string of the molecule is CCCCCC(C)N(C)CCC(=O)O. The van der Waals surface area contributed by atoms with Crippen molar-refractivity contribution in [2.45, 2.75) is 52.0 Å². The summed E-state index contributed by atoms with van der Waals surface area (Å²) >= 11 is 0. The highest BCUT2D eigenvalue weighted by Gasteiger charge is 2.09. The Morgan fingerprint density at radius 2 is 2.07 bits per heavy atom. The Bertz CT molecular complexity index is 159. The largest absolute Gasteiger partial charge is 0.481 e. The van der Waals surface area contributed by atoms with Crippen LogP contribution in [0.1, 0.15) is 46.0 Å². The molecule has 0 aromatic carbocycles. The highest BCUT2D eigenvalue weighted by Crippen LogP contribution is 2.08. The van der Waals surface area contributed by atoms with Crippen LogP contribution in [-0.4, -0.2) is 35.6 Å². The molecule has 3 nitrogen and oxygen atoms in total. The van der Waals surface area contributed by atoms with E-state index in [1.165, 1.54) is 25.7 Å². The van der Waals surface area contributed by atoms with Gasteiger partial charge in [-0.15, -0.1) is 0 Å². The molecule has 0 saturated carbocycles. The molecule has 0 radical (unpaired) electrons. The number of hydrogen-bond acceptors (Lipinski definition) is 2. The van der Waals surface area contributed by atoms with Gasteiger partial charge in [-0.25, -0.2) is 0 Å². The lowest BCUT2D eigenvalue weighted by Crippen LogP contribution is -2.31. The highest BCUT2D eigenvalue weighted by atomic mass is 16.4. The third kappa shape index (κ3) is 6.89. The van der Waals surface area contributed by atoms with Crippen molar-refractivity contribution in [1.29, 1.82) is 0 Å². The molecule has 0 aliphatic carbocycles. The van der Waals surface area contributed by atoms with Gasteiger partial charge < -0.3 is 10.0 Å². The van der Waals surface area contributed by atoms with Crippen LogP contribution in [0.2, 0.25) is 0 Å².